The lowest BCUT2D eigenvalue weighted by molar-refractivity contribution is -0.143. The zero-order valence-electron chi connectivity index (χ0n) is 36.4. The number of aliphatic hydroxyl groups excluding tert-OH is 2. The highest BCUT2D eigenvalue weighted by atomic mass is 16.5. The molecule has 0 saturated carbocycles. The molecule has 0 fully saturated rings. The highest BCUT2D eigenvalue weighted by Crippen LogP contribution is 2.15. The molecule has 0 spiro atoms. The van der Waals surface area contributed by atoms with Crippen LogP contribution in [0.25, 0.3) is 0 Å². The van der Waals surface area contributed by atoms with Crippen molar-refractivity contribution in [3.63, 3.8) is 0 Å². The van der Waals surface area contributed by atoms with Gasteiger partial charge < -0.3 is 20.3 Å². The molecule has 0 aliphatic heterocycles. The van der Waals surface area contributed by atoms with Gasteiger partial charge in [0.1, 0.15) is 0 Å². The molecule has 6 heteroatoms. The quantitative estimate of drug-likeness (QED) is 0.0326. The number of nitrogens with one attached hydrogen (secondary N) is 1. The highest BCUT2D eigenvalue weighted by Gasteiger charge is 2.20. The molecule has 0 rings (SSSR count). The van der Waals surface area contributed by atoms with E-state index in [0.29, 0.717) is 25.9 Å². The van der Waals surface area contributed by atoms with E-state index in [1.165, 1.54) is 116 Å². The molecule has 2 unspecified atom stereocenters. The first kappa shape index (κ1) is 53.1. The van der Waals surface area contributed by atoms with E-state index in [1.54, 1.807) is 0 Å². The van der Waals surface area contributed by atoms with E-state index in [-0.39, 0.29) is 18.5 Å². The van der Waals surface area contributed by atoms with Gasteiger partial charge in [-0.25, -0.2) is 0 Å². The van der Waals surface area contributed by atoms with Crippen molar-refractivity contribution in [3.8, 4) is 0 Å². The maximum Gasteiger partial charge on any atom is 0.305 e. The number of allylic oxidation sites excluding steroid dienone is 6. The summed E-state index contributed by atoms with van der Waals surface area (Å²) in [6.07, 6.45) is 52.5. The van der Waals surface area contributed by atoms with Crippen LogP contribution in [0.2, 0.25) is 0 Å². The molecule has 0 aliphatic carbocycles. The van der Waals surface area contributed by atoms with Crippen LogP contribution < -0.4 is 5.32 Å². The smallest absolute Gasteiger partial charge is 0.305 e. The molecule has 0 heterocycles. The van der Waals surface area contributed by atoms with Crippen LogP contribution in [-0.4, -0.2) is 47.4 Å². The van der Waals surface area contributed by atoms with Gasteiger partial charge in [-0.1, -0.05) is 179 Å². The third-order valence-corrected chi connectivity index (χ3v) is 10.7. The van der Waals surface area contributed by atoms with Crippen LogP contribution in [0.1, 0.15) is 239 Å². The number of aliphatic hydroxyl groups is 2. The summed E-state index contributed by atoms with van der Waals surface area (Å²) in [6, 6.07) is -0.567. The van der Waals surface area contributed by atoms with Crippen LogP contribution in [0, 0.1) is 0 Å². The van der Waals surface area contributed by atoms with Gasteiger partial charge in [0, 0.05) is 12.8 Å². The van der Waals surface area contributed by atoms with Crippen LogP contribution in [-0.2, 0) is 14.3 Å². The van der Waals surface area contributed by atoms with Gasteiger partial charge >= 0.3 is 5.97 Å². The van der Waals surface area contributed by atoms with E-state index in [1.807, 2.05) is 0 Å². The third-order valence-electron chi connectivity index (χ3n) is 10.7. The highest BCUT2D eigenvalue weighted by molar-refractivity contribution is 5.76. The molecule has 0 saturated heterocycles. The number of carbonyl (C=O) groups excluding carboxylic acids is 2. The summed E-state index contributed by atoms with van der Waals surface area (Å²) in [4.78, 5) is 24.4. The topological polar surface area (TPSA) is 95.9 Å². The van der Waals surface area contributed by atoms with Crippen molar-refractivity contribution < 1.29 is 24.5 Å². The molecular formula is C49H91NO5. The minimum atomic E-state index is -0.686. The number of hydrogen-bond acceptors (Lipinski definition) is 5. The number of hydrogen-bond donors (Lipinski definition) is 3. The van der Waals surface area contributed by atoms with Gasteiger partial charge in [-0.2, -0.15) is 0 Å². The average molecular weight is 774 g/mol. The van der Waals surface area contributed by atoms with Gasteiger partial charge in [-0.05, 0) is 83.5 Å². The van der Waals surface area contributed by atoms with Gasteiger partial charge in [0.2, 0.25) is 5.91 Å². The van der Waals surface area contributed by atoms with E-state index in [0.717, 1.165) is 89.9 Å². The van der Waals surface area contributed by atoms with Crippen molar-refractivity contribution in [2.75, 3.05) is 13.2 Å². The van der Waals surface area contributed by atoms with Gasteiger partial charge in [0.15, 0.2) is 0 Å². The number of unbranched alkanes of at least 4 members (excludes halogenated alkanes) is 26. The van der Waals surface area contributed by atoms with Crippen molar-refractivity contribution in [1.82, 2.24) is 5.32 Å². The fourth-order valence-electron chi connectivity index (χ4n) is 6.96. The Kier molecular flexibility index (Phi) is 43.2. The SMILES string of the molecule is CCCCCC/C=C\C/C=C\CCCCCCCC(=O)OCCCC/C=C\CCCCCCC(=O)NC(CO)C(O)CCCCCCCCCCCCCC. The fourth-order valence-corrected chi connectivity index (χ4v) is 6.96. The number of carbonyl (C=O) groups is 2. The number of ether oxygens (including phenoxy) is 1. The Hall–Kier alpha value is -1.92. The number of esters is 1. The molecule has 0 aromatic carbocycles. The fraction of sp³-hybridized carbons (Fsp3) is 0.837. The molecule has 55 heavy (non-hydrogen) atoms. The Bertz CT molecular complexity index is 900. The summed E-state index contributed by atoms with van der Waals surface area (Å²) >= 11 is 0. The zero-order chi connectivity index (χ0) is 40.1. The molecule has 1 amide bonds. The zero-order valence-corrected chi connectivity index (χ0v) is 36.4. The normalized spacial score (nSPS) is 13.0. The third kappa shape index (κ3) is 41.5. The monoisotopic (exact) mass is 774 g/mol. The van der Waals surface area contributed by atoms with Crippen LogP contribution in [0.15, 0.2) is 36.5 Å². The maximum atomic E-state index is 12.4. The van der Waals surface area contributed by atoms with E-state index in [9.17, 15) is 19.8 Å². The number of rotatable bonds is 43. The Morgan fingerprint density at radius 1 is 0.509 bits per heavy atom. The van der Waals surface area contributed by atoms with Crippen molar-refractivity contribution in [3.05, 3.63) is 36.5 Å². The molecule has 0 bridgehead atoms. The van der Waals surface area contributed by atoms with Crippen LogP contribution in [0.3, 0.4) is 0 Å². The average Bonchev–Trinajstić information content (AvgIpc) is 3.18. The Morgan fingerprint density at radius 3 is 1.42 bits per heavy atom. The van der Waals surface area contributed by atoms with Gasteiger partial charge in [-0.3, -0.25) is 9.59 Å². The van der Waals surface area contributed by atoms with Crippen molar-refractivity contribution >= 4 is 11.9 Å². The second-order valence-electron chi connectivity index (χ2n) is 16.1. The second kappa shape index (κ2) is 44.8. The molecule has 322 valence electrons. The van der Waals surface area contributed by atoms with Gasteiger partial charge in [0.05, 0.1) is 25.4 Å². The molecule has 3 N–H and O–H groups in total. The first-order valence-electron chi connectivity index (χ1n) is 23.7. The lowest BCUT2D eigenvalue weighted by atomic mass is 10.0. The molecule has 0 aromatic heterocycles. The summed E-state index contributed by atoms with van der Waals surface area (Å²) in [6.45, 7) is 4.82. The molecule has 0 aromatic rings. The molecule has 0 radical (unpaired) electrons. The summed E-state index contributed by atoms with van der Waals surface area (Å²) in [5.41, 5.74) is 0. The van der Waals surface area contributed by atoms with Crippen LogP contribution in [0.5, 0.6) is 0 Å². The molecular weight excluding hydrogens is 683 g/mol. The summed E-state index contributed by atoms with van der Waals surface area (Å²) in [5, 5.41) is 23.1. The Morgan fingerprint density at radius 2 is 0.909 bits per heavy atom. The maximum absolute atomic E-state index is 12.4. The summed E-state index contributed by atoms with van der Waals surface area (Å²) in [5.74, 6) is -0.125. The van der Waals surface area contributed by atoms with Crippen molar-refractivity contribution in [2.24, 2.45) is 0 Å². The minimum Gasteiger partial charge on any atom is -0.466 e. The predicted octanol–water partition coefficient (Wildman–Crippen LogP) is 13.7. The Labute approximate surface area is 341 Å². The van der Waals surface area contributed by atoms with E-state index < -0.39 is 12.1 Å². The van der Waals surface area contributed by atoms with Gasteiger partial charge in [0.25, 0.3) is 0 Å². The largest absolute Gasteiger partial charge is 0.466 e. The Balaban J connectivity index is 3.55. The van der Waals surface area contributed by atoms with Crippen molar-refractivity contribution in [2.45, 2.75) is 251 Å². The van der Waals surface area contributed by atoms with Crippen LogP contribution in [0.4, 0.5) is 0 Å². The van der Waals surface area contributed by atoms with Gasteiger partial charge in [-0.15, -0.1) is 0 Å². The molecule has 6 nitrogen and oxygen atoms in total. The standard InChI is InChI=1S/C49H91NO5/c1-3-5-7-9-11-13-15-17-18-19-20-22-27-31-35-39-43-49(54)55-44-40-36-32-28-24-23-26-30-34-38-42-48(53)50-46(45-51)47(52)41-37-33-29-25-21-16-14-12-10-8-6-4-2/h13,15,18-19,24,28,46-47,51-52H,3-12,14,16-17,20-23,25-27,29-45H2,1-2H3,(H,50,53)/b15-13-,19-18-,28-24-. The van der Waals surface area contributed by atoms with E-state index >= 15 is 0 Å². The predicted molar refractivity (Wildman–Crippen MR) is 236 cm³/mol. The summed E-state index contributed by atoms with van der Waals surface area (Å²) in [7, 11) is 0. The van der Waals surface area contributed by atoms with E-state index in [2.05, 4.69) is 55.6 Å². The molecule has 2 atom stereocenters. The lowest BCUT2D eigenvalue weighted by Crippen LogP contribution is -2.45. The first-order chi connectivity index (χ1) is 27.0. The second-order valence-corrected chi connectivity index (χ2v) is 16.1. The lowest BCUT2D eigenvalue weighted by Gasteiger charge is -2.22. The first-order valence-corrected chi connectivity index (χ1v) is 23.7. The summed E-state index contributed by atoms with van der Waals surface area (Å²) < 4.78 is 5.42. The van der Waals surface area contributed by atoms with Crippen LogP contribution >= 0.6 is 0 Å². The van der Waals surface area contributed by atoms with E-state index in [4.69, 9.17) is 4.74 Å². The number of amides is 1. The molecule has 0 aliphatic rings. The van der Waals surface area contributed by atoms with Crippen molar-refractivity contribution in [1.29, 1.82) is 0 Å². The minimum absolute atomic E-state index is 0.0507.